The van der Waals surface area contributed by atoms with Crippen molar-refractivity contribution in [1.29, 1.82) is 0 Å². The zero-order valence-electron chi connectivity index (χ0n) is 12.4. The molecule has 0 fully saturated rings. The Morgan fingerprint density at radius 1 is 1.48 bits per heavy atom. The van der Waals surface area contributed by atoms with E-state index in [4.69, 9.17) is 22.1 Å². The molecule has 4 nitrogen and oxygen atoms in total. The number of halogens is 1. The van der Waals surface area contributed by atoms with Crippen LogP contribution in [0.1, 0.15) is 23.5 Å². The summed E-state index contributed by atoms with van der Waals surface area (Å²) in [5, 5.41) is 1.46. The molecule has 2 rings (SSSR count). The number of fused-ring (bicyclic) bond motifs is 1. The second kappa shape index (κ2) is 6.64. The molecule has 0 radical (unpaired) electrons. The number of ether oxygens (including phenoxy) is 1. The van der Waals surface area contributed by atoms with Crippen LogP contribution in [-0.2, 0) is 4.74 Å². The fourth-order valence-corrected chi connectivity index (χ4v) is 3.39. The molecule has 0 spiro atoms. The minimum absolute atomic E-state index is 0.0585. The summed E-state index contributed by atoms with van der Waals surface area (Å²) in [6, 6.07) is 5.58. The highest BCUT2D eigenvalue weighted by molar-refractivity contribution is 7.21. The molecule has 0 unspecified atom stereocenters. The number of hydrogen-bond acceptors (Lipinski definition) is 4. The van der Waals surface area contributed by atoms with E-state index in [0.717, 1.165) is 10.1 Å². The second-order valence-corrected chi connectivity index (χ2v) is 6.56. The number of nitrogens with zero attached hydrogens (tertiary/aromatic N) is 1. The lowest BCUT2D eigenvalue weighted by Crippen LogP contribution is -2.39. The summed E-state index contributed by atoms with van der Waals surface area (Å²) < 4.78 is 6.04. The number of thiophene rings is 1. The topological polar surface area (TPSA) is 55.6 Å². The molecule has 1 amide bonds. The summed E-state index contributed by atoms with van der Waals surface area (Å²) in [4.78, 5) is 15.1. The first-order valence-electron chi connectivity index (χ1n) is 6.73. The van der Waals surface area contributed by atoms with Crippen LogP contribution in [0.3, 0.4) is 0 Å². The van der Waals surface area contributed by atoms with Crippen molar-refractivity contribution in [3.63, 3.8) is 0 Å². The summed E-state index contributed by atoms with van der Waals surface area (Å²) >= 11 is 7.40. The number of hydrogen-bond donors (Lipinski definition) is 1. The van der Waals surface area contributed by atoms with E-state index in [-0.39, 0.29) is 11.9 Å². The number of benzene rings is 1. The maximum Gasteiger partial charge on any atom is 0.266 e. The average molecular weight is 327 g/mol. The van der Waals surface area contributed by atoms with Crippen molar-refractivity contribution in [2.24, 2.45) is 0 Å². The molecule has 1 heterocycles. The van der Waals surface area contributed by atoms with Gasteiger partial charge in [-0.1, -0.05) is 11.6 Å². The fraction of sp³-hybridized carbons (Fsp3) is 0.400. The zero-order valence-corrected chi connectivity index (χ0v) is 13.9. The average Bonchev–Trinajstić information content (AvgIpc) is 2.76. The van der Waals surface area contributed by atoms with Crippen LogP contribution < -0.4 is 5.73 Å². The number of methoxy groups -OCH3 is 1. The van der Waals surface area contributed by atoms with E-state index in [1.165, 1.54) is 11.3 Å². The van der Waals surface area contributed by atoms with E-state index >= 15 is 0 Å². The Kier molecular flexibility index (Phi) is 5.08. The van der Waals surface area contributed by atoms with E-state index in [9.17, 15) is 4.79 Å². The number of rotatable bonds is 5. The molecule has 0 aliphatic heterocycles. The first-order valence-corrected chi connectivity index (χ1v) is 7.92. The van der Waals surface area contributed by atoms with Crippen LogP contribution in [0.15, 0.2) is 18.2 Å². The third kappa shape index (κ3) is 3.31. The first kappa shape index (κ1) is 16.1. The molecule has 21 heavy (non-hydrogen) atoms. The molecule has 0 bridgehead atoms. The summed E-state index contributed by atoms with van der Waals surface area (Å²) in [5.74, 6) is -0.0585. The Morgan fingerprint density at radius 2 is 2.19 bits per heavy atom. The van der Waals surface area contributed by atoms with E-state index < -0.39 is 0 Å². The van der Waals surface area contributed by atoms with Gasteiger partial charge in [-0.2, -0.15) is 0 Å². The maximum absolute atomic E-state index is 12.7. The minimum Gasteiger partial charge on any atom is -0.397 e. The molecule has 6 heteroatoms. The first-order chi connectivity index (χ1) is 9.95. The van der Waals surface area contributed by atoms with E-state index in [1.807, 2.05) is 19.9 Å². The molecule has 2 aromatic rings. The number of nitrogen functional groups attached to an aromatic ring is 1. The van der Waals surface area contributed by atoms with Crippen LogP contribution in [0.2, 0.25) is 5.02 Å². The van der Waals surface area contributed by atoms with Gasteiger partial charge in [0.1, 0.15) is 4.88 Å². The molecule has 2 N–H and O–H groups in total. The predicted octanol–water partition coefficient (Wildman–Crippen LogP) is 3.63. The van der Waals surface area contributed by atoms with Crippen LogP contribution in [0, 0.1) is 0 Å². The third-order valence-corrected chi connectivity index (χ3v) is 4.71. The molecule has 114 valence electrons. The van der Waals surface area contributed by atoms with Gasteiger partial charge in [-0.25, -0.2) is 0 Å². The van der Waals surface area contributed by atoms with Crippen LogP contribution in [-0.4, -0.2) is 37.1 Å². The Morgan fingerprint density at radius 3 is 2.81 bits per heavy atom. The highest BCUT2D eigenvalue weighted by atomic mass is 35.5. The molecule has 0 atom stereocenters. The SMILES string of the molecule is COCCN(C(=O)c1sc2ccc(Cl)cc2c1N)C(C)C. The van der Waals surface area contributed by atoms with Gasteiger partial charge in [-0.05, 0) is 32.0 Å². The lowest BCUT2D eigenvalue weighted by atomic mass is 10.2. The van der Waals surface area contributed by atoms with E-state index in [2.05, 4.69) is 0 Å². The smallest absolute Gasteiger partial charge is 0.266 e. The lowest BCUT2D eigenvalue weighted by Gasteiger charge is -2.26. The number of amides is 1. The molecule has 0 aliphatic rings. The zero-order chi connectivity index (χ0) is 15.6. The highest BCUT2D eigenvalue weighted by Crippen LogP contribution is 2.36. The molecular formula is C15H19ClN2O2S. The van der Waals surface area contributed by atoms with Gasteiger partial charge in [0.05, 0.1) is 12.3 Å². The third-order valence-electron chi connectivity index (χ3n) is 3.30. The van der Waals surface area contributed by atoms with Gasteiger partial charge in [-0.3, -0.25) is 4.79 Å². The highest BCUT2D eigenvalue weighted by Gasteiger charge is 2.23. The minimum atomic E-state index is -0.0585. The molecule has 0 aliphatic carbocycles. The predicted molar refractivity (Wildman–Crippen MR) is 89.3 cm³/mol. The lowest BCUT2D eigenvalue weighted by molar-refractivity contribution is 0.0641. The van der Waals surface area contributed by atoms with Gasteiger partial charge >= 0.3 is 0 Å². The monoisotopic (exact) mass is 326 g/mol. The van der Waals surface area contributed by atoms with Crippen LogP contribution >= 0.6 is 22.9 Å². The van der Waals surface area contributed by atoms with Crippen molar-refractivity contribution in [2.45, 2.75) is 19.9 Å². The van der Waals surface area contributed by atoms with Crippen LogP contribution in [0.4, 0.5) is 5.69 Å². The molecule has 0 saturated carbocycles. The Hall–Kier alpha value is -1.30. The number of nitrogens with two attached hydrogens (primary N) is 1. The van der Waals surface area contributed by atoms with Crippen molar-refractivity contribution in [2.75, 3.05) is 26.0 Å². The maximum atomic E-state index is 12.7. The quantitative estimate of drug-likeness (QED) is 0.912. The molecular weight excluding hydrogens is 308 g/mol. The summed E-state index contributed by atoms with van der Waals surface area (Å²) in [7, 11) is 1.62. The fourth-order valence-electron chi connectivity index (χ4n) is 2.16. The summed E-state index contributed by atoms with van der Waals surface area (Å²) in [5.41, 5.74) is 6.65. The Bertz CT molecular complexity index is 654. The molecule has 0 saturated heterocycles. The van der Waals surface area contributed by atoms with Crippen LogP contribution in [0.5, 0.6) is 0 Å². The van der Waals surface area contributed by atoms with Gasteiger partial charge in [0.2, 0.25) is 0 Å². The largest absolute Gasteiger partial charge is 0.397 e. The second-order valence-electron chi connectivity index (χ2n) is 5.07. The Balaban J connectivity index is 2.39. The van der Waals surface area contributed by atoms with Crippen molar-refractivity contribution in [3.8, 4) is 0 Å². The van der Waals surface area contributed by atoms with Gasteiger partial charge in [-0.15, -0.1) is 11.3 Å². The van der Waals surface area contributed by atoms with Gasteiger partial charge in [0.15, 0.2) is 0 Å². The molecule has 1 aromatic carbocycles. The van der Waals surface area contributed by atoms with Crippen molar-refractivity contribution in [3.05, 3.63) is 28.1 Å². The summed E-state index contributed by atoms with van der Waals surface area (Å²) in [6.45, 7) is 5.00. The van der Waals surface area contributed by atoms with E-state index in [1.54, 1.807) is 24.1 Å². The standard InChI is InChI=1S/C15H19ClN2O2S/c1-9(2)18(6-7-20-3)15(19)14-13(17)11-8-10(16)4-5-12(11)21-14/h4-5,8-9H,6-7,17H2,1-3H3. The van der Waals surface area contributed by atoms with Gasteiger partial charge < -0.3 is 15.4 Å². The number of carbonyl (C=O) groups is 1. The van der Waals surface area contributed by atoms with E-state index in [0.29, 0.717) is 28.7 Å². The van der Waals surface area contributed by atoms with Crippen molar-refractivity contribution in [1.82, 2.24) is 4.90 Å². The van der Waals surface area contributed by atoms with Gasteiger partial charge in [0, 0.05) is 34.8 Å². The normalized spacial score (nSPS) is 11.3. The van der Waals surface area contributed by atoms with Crippen molar-refractivity contribution >= 4 is 44.6 Å². The molecule has 1 aromatic heterocycles. The van der Waals surface area contributed by atoms with Crippen LogP contribution in [0.25, 0.3) is 10.1 Å². The number of carbonyl (C=O) groups excluding carboxylic acids is 1. The van der Waals surface area contributed by atoms with Gasteiger partial charge in [0.25, 0.3) is 5.91 Å². The Labute approximate surface area is 133 Å². The summed E-state index contributed by atoms with van der Waals surface area (Å²) in [6.07, 6.45) is 0. The van der Waals surface area contributed by atoms with Crippen molar-refractivity contribution < 1.29 is 9.53 Å². The number of anilines is 1.